The van der Waals surface area contributed by atoms with E-state index in [0.29, 0.717) is 5.56 Å². The van der Waals surface area contributed by atoms with Gasteiger partial charge >= 0.3 is 23.9 Å². The van der Waals surface area contributed by atoms with Crippen molar-refractivity contribution in [1.29, 1.82) is 0 Å². The van der Waals surface area contributed by atoms with Crippen LogP contribution in [-0.4, -0.2) is 105 Å². The first-order chi connectivity index (χ1) is 29.3. The van der Waals surface area contributed by atoms with E-state index in [1.165, 1.54) is 26.0 Å². The van der Waals surface area contributed by atoms with Crippen molar-refractivity contribution in [3.63, 3.8) is 0 Å². The first-order valence-corrected chi connectivity index (χ1v) is 20.5. The molecule has 15 heteroatoms. The van der Waals surface area contributed by atoms with Crippen molar-refractivity contribution in [2.75, 3.05) is 6.61 Å². The summed E-state index contributed by atoms with van der Waals surface area (Å²) in [6.07, 6.45) is -10.5. The van der Waals surface area contributed by atoms with E-state index in [1.807, 2.05) is 0 Å². The number of rotatable bonds is 10. The van der Waals surface area contributed by atoms with E-state index >= 15 is 4.79 Å². The number of ether oxygens (including phenoxy) is 5. The van der Waals surface area contributed by atoms with E-state index in [2.05, 4.69) is 5.32 Å². The van der Waals surface area contributed by atoms with Crippen molar-refractivity contribution < 1.29 is 67.8 Å². The van der Waals surface area contributed by atoms with Crippen LogP contribution in [0.15, 0.2) is 102 Å². The molecule has 1 amide bonds. The van der Waals surface area contributed by atoms with Crippen molar-refractivity contribution >= 4 is 35.6 Å². The Morgan fingerprint density at radius 2 is 1.40 bits per heavy atom. The SMILES string of the molecule is CC(=O)O[C@@]12CO[C@@H]1C[C@H](O)[C@@]1(C)C(=O)[C@H](OC([11CH3])=O)C3=C(C)[C@@H](OC(=O)C(O)C(NC(=O)c4ccccc4)c4ccccc4)C[C@@](O)(C(OC(=O)c4ccccc4)C12)C3(C)C. The number of aliphatic hydroxyl groups is 3. The second-order valence-electron chi connectivity index (χ2n) is 17.4. The largest absolute Gasteiger partial charge is 0.456 e. The fourth-order valence-electron chi connectivity index (χ4n) is 10.2. The average Bonchev–Trinajstić information content (AvgIpc) is 3.24. The maximum absolute atomic E-state index is 15.5. The number of hydrogen-bond donors (Lipinski definition) is 4. The summed E-state index contributed by atoms with van der Waals surface area (Å²) in [5.41, 5.74) is -7.02. The quantitative estimate of drug-likeness (QED) is 0.130. The summed E-state index contributed by atoms with van der Waals surface area (Å²) in [7, 11) is 0. The minimum Gasteiger partial charge on any atom is -0.456 e. The molecule has 0 spiro atoms. The van der Waals surface area contributed by atoms with Gasteiger partial charge in [-0.1, -0.05) is 80.6 Å². The number of carbonyl (C=O) groups excluding carboxylic acids is 6. The van der Waals surface area contributed by atoms with Crippen molar-refractivity contribution in [3.05, 3.63) is 119 Å². The highest BCUT2D eigenvalue weighted by Crippen LogP contribution is 2.64. The first kappa shape index (κ1) is 44.3. The molecule has 3 aromatic rings. The molecule has 2 saturated carbocycles. The molecule has 11 atom stereocenters. The molecule has 0 aromatic heterocycles. The molecular formula is C47H51NO14. The topological polar surface area (TPSA) is 221 Å². The number of esters is 4. The minimum atomic E-state index is -2.39. The van der Waals surface area contributed by atoms with Gasteiger partial charge in [0.15, 0.2) is 23.6 Å². The number of amides is 1. The summed E-state index contributed by atoms with van der Waals surface area (Å²) in [6.45, 7) is 7.97. The van der Waals surface area contributed by atoms with E-state index in [4.69, 9.17) is 23.7 Å². The lowest BCUT2D eigenvalue weighted by Gasteiger charge is -2.67. The molecule has 4 aliphatic rings. The van der Waals surface area contributed by atoms with Crippen molar-refractivity contribution in [1.82, 2.24) is 5.32 Å². The molecule has 7 rings (SSSR count). The van der Waals surface area contributed by atoms with Crippen molar-refractivity contribution in [3.8, 4) is 0 Å². The van der Waals surface area contributed by atoms with E-state index in [0.717, 1.165) is 13.8 Å². The van der Waals surface area contributed by atoms with Crippen molar-refractivity contribution in [2.45, 2.75) is 108 Å². The molecule has 328 valence electrons. The number of fused-ring (bicyclic) bond motifs is 5. The summed E-state index contributed by atoms with van der Waals surface area (Å²) in [5, 5.41) is 40.2. The molecule has 2 bridgehead atoms. The zero-order valence-electron chi connectivity index (χ0n) is 35.2. The van der Waals surface area contributed by atoms with E-state index < -0.39 is 113 Å². The van der Waals surface area contributed by atoms with Gasteiger partial charge in [-0.25, -0.2) is 9.59 Å². The molecule has 15 nitrogen and oxygen atoms in total. The van der Waals surface area contributed by atoms with Crippen LogP contribution in [0.25, 0.3) is 0 Å². The Morgan fingerprint density at radius 3 is 1.95 bits per heavy atom. The number of carbonyl (C=O) groups is 6. The van der Waals surface area contributed by atoms with Crippen LogP contribution in [0, 0.1) is 16.7 Å². The van der Waals surface area contributed by atoms with E-state index in [9.17, 15) is 39.3 Å². The molecule has 1 saturated heterocycles. The second kappa shape index (κ2) is 16.5. The lowest BCUT2D eigenvalue weighted by atomic mass is 9.44. The highest BCUT2D eigenvalue weighted by Gasteiger charge is 2.78. The third kappa shape index (κ3) is 7.29. The lowest BCUT2D eigenvalue weighted by molar-refractivity contribution is -0.346. The fourth-order valence-corrected chi connectivity index (χ4v) is 10.2. The summed E-state index contributed by atoms with van der Waals surface area (Å²) in [6, 6.07) is 22.9. The van der Waals surface area contributed by atoms with Gasteiger partial charge in [-0.05, 0) is 54.8 Å². The molecule has 1 aliphatic heterocycles. The summed E-state index contributed by atoms with van der Waals surface area (Å²) in [4.78, 5) is 83.5. The lowest BCUT2D eigenvalue weighted by Crippen LogP contribution is -2.82. The predicted molar refractivity (Wildman–Crippen MR) is 218 cm³/mol. The molecule has 3 fully saturated rings. The number of hydrogen-bond acceptors (Lipinski definition) is 14. The van der Waals surface area contributed by atoms with Gasteiger partial charge in [0.2, 0.25) is 0 Å². The van der Waals surface area contributed by atoms with Crippen LogP contribution in [0.5, 0.6) is 0 Å². The van der Waals surface area contributed by atoms with Gasteiger partial charge in [0.25, 0.3) is 5.91 Å². The number of Topliss-reactive ketones (excluding diaryl/α,β-unsaturated/α-hetero) is 1. The van der Waals surface area contributed by atoms with Gasteiger partial charge in [0.1, 0.15) is 23.9 Å². The van der Waals surface area contributed by atoms with Gasteiger partial charge in [-0.15, -0.1) is 0 Å². The van der Waals surface area contributed by atoms with Gasteiger partial charge in [0, 0.05) is 37.7 Å². The Bertz CT molecular complexity index is 2280. The number of benzene rings is 3. The van der Waals surface area contributed by atoms with E-state index in [1.54, 1.807) is 92.7 Å². The Labute approximate surface area is 358 Å². The van der Waals surface area contributed by atoms with Gasteiger partial charge < -0.3 is 44.3 Å². The van der Waals surface area contributed by atoms with Gasteiger partial charge in [-0.2, -0.15) is 0 Å². The predicted octanol–water partition coefficient (Wildman–Crippen LogP) is 3.74. The van der Waals surface area contributed by atoms with Crippen LogP contribution in [0.3, 0.4) is 0 Å². The Morgan fingerprint density at radius 1 is 0.823 bits per heavy atom. The maximum atomic E-state index is 15.5. The molecule has 0 radical (unpaired) electrons. The van der Waals surface area contributed by atoms with Crippen LogP contribution >= 0.6 is 0 Å². The highest BCUT2D eigenvalue weighted by atomic mass is 16.6. The molecule has 3 aliphatic carbocycles. The molecule has 4 N–H and O–H groups in total. The van der Waals surface area contributed by atoms with Crippen LogP contribution in [-0.2, 0) is 42.9 Å². The number of aliphatic hydroxyl groups excluding tert-OH is 2. The van der Waals surface area contributed by atoms with Crippen LogP contribution in [0.4, 0.5) is 0 Å². The Kier molecular flexibility index (Phi) is 11.8. The third-order valence-corrected chi connectivity index (χ3v) is 13.5. The van der Waals surface area contributed by atoms with Gasteiger partial charge in [0.05, 0.1) is 35.6 Å². The average molecular weight is 853 g/mol. The summed E-state index contributed by atoms with van der Waals surface area (Å²) >= 11 is 0. The highest BCUT2D eigenvalue weighted by molar-refractivity contribution is 5.96. The van der Waals surface area contributed by atoms with E-state index in [-0.39, 0.29) is 35.3 Å². The second-order valence-corrected chi connectivity index (χ2v) is 17.4. The molecule has 4 unspecified atom stereocenters. The smallest absolute Gasteiger partial charge is 0.338 e. The normalized spacial score (nSPS) is 31.9. The monoisotopic (exact) mass is 852 g/mol. The number of nitrogens with one attached hydrogen (secondary N) is 1. The van der Waals surface area contributed by atoms with Crippen LogP contribution in [0.2, 0.25) is 0 Å². The molecule has 3 aromatic carbocycles. The standard InChI is InChI=1S/C47H51NO14/c1-25-31(60-43(56)36(52)35(28-16-10-7-11-17-28)48-41(54)29-18-12-8-13-19-29)23-47(57)40(61-42(55)30-20-14-9-15-21-30)38-45(6,32(51)22-33-46(38,24-58-33)62-27(3)50)39(53)37(59-26(2)49)34(25)44(47,4)5/h7-21,31-33,35-38,40,51-52,57H,22-24H2,1-6H3,(H,48,54)/t31-,32-,33+,35?,36?,37+,38?,40?,45+,46-,47+/m0/s1/i2-1. The van der Waals surface area contributed by atoms with Crippen LogP contribution < -0.4 is 5.32 Å². The Hall–Kier alpha value is -5.74. The molecule has 1 heterocycles. The number of ketones is 1. The minimum absolute atomic E-state index is 0.00289. The fraction of sp³-hybridized carbons (Fsp3) is 0.447. The molecular weight excluding hydrogens is 802 g/mol. The maximum Gasteiger partial charge on any atom is 0.338 e. The summed E-state index contributed by atoms with van der Waals surface area (Å²) in [5.74, 6) is -6.84. The van der Waals surface area contributed by atoms with Gasteiger partial charge in [-0.3, -0.25) is 19.2 Å². The summed E-state index contributed by atoms with van der Waals surface area (Å²) < 4.78 is 30.3. The Balaban J connectivity index is 1.39. The molecule has 62 heavy (non-hydrogen) atoms. The van der Waals surface area contributed by atoms with Crippen LogP contribution in [0.1, 0.15) is 86.7 Å². The third-order valence-electron chi connectivity index (χ3n) is 13.5. The zero-order chi connectivity index (χ0) is 44.9. The first-order valence-electron chi connectivity index (χ1n) is 20.5. The zero-order valence-corrected chi connectivity index (χ0v) is 35.2. The van der Waals surface area contributed by atoms with Crippen molar-refractivity contribution in [2.24, 2.45) is 16.7 Å².